The van der Waals surface area contributed by atoms with Crippen molar-refractivity contribution >= 4 is 19.3 Å². The predicted molar refractivity (Wildman–Crippen MR) is 155 cm³/mol. The standard InChI is InChI=1S/C30H37N2O9P/c1-19-15-20(2)41-42(36,40-19)29-22(4)31(18-37-5)21(3)27(28(29)24-13-10-14-25(16-24)32(34)35)30(33)39-17-26(38-6)23-11-8-7-9-12-23/h7-14,16,19-20,26,28H,15,17-18H2,1-6H3/t19-,20+,26-,28-,42?/m1/s1. The Hall–Kier alpha value is -3.34. The molecule has 2 aromatic carbocycles. The van der Waals surface area contributed by atoms with Crippen LogP contribution in [0.1, 0.15) is 57.3 Å². The van der Waals surface area contributed by atoms with Gasteiger partial charge in [-0.15, -0.1) is 0 Å². The zero-order valence-electron chi connectivity index (χ0n) is 24.6. The smallest absolute Gasteiger partial charge is 0.360 e. The van der Waals surface area contributed by atoms with Gasteiger partial charge < -0.3 is 28.2 Å². The van der Waals surface area contributed by atoms with Gasteiger partial charge in [0.05, 0.1) is 33.9 Å². The van der Waals surface area contributed by atoms with E-state index in [0.29, 0.717) is 23.4 Å². The highest BCUT2D eigenvalue weighted by Crippen LogP contribution is 2.68. The van der Waals surface area contributed by atoms with Crippen LogP contribution in [0.2, 0.25) is 0 Å². The molecule has 0 radical (unpaired) electrons. The number of benzene rings is 2. The van der Waals surface area contributed by atoms with E-state index in [1.807, 2.05) is 44.2 Å². The van der Waals surface area contributed by atoms with E-state index >= 15 is 0 Å². The third-order valence-electron chi connectivity index (χ3n) is 7.44. The molecule has 2 aliphatic heterocycles. The van der Waals surface area contributed by atoms with E-state index in [4.69, 9.17) is 23.3 Å². The number of methoxy groups -OCH3 is 2. The van der Waals surface area contributed by atoms with Crippen molar-refractivity contribution < 1.29 is 37.5 Å². The van der Waals surface area contributed by atoms with Crippen molar-refractivity contribution in [3.8, 4) is 0 Å². The Morgan fingerprint density at radius 2 is 1.74 bits per heavy atom. The van der Waals surface area contributed by atoms with Gasteiger partial charge in [0.15, 0.2) is 0 Å². The minimum atomic E-state index is -4.03. The van der Waals surface area contributed by atoms with E-state index in [-0.39, 0.29) is 29.9 Å². The first-order valence-corrected chi connectivity index (χ1v) is 15.2. The van der Waals surface area contributed by atoms with Crippen molar-refractivity contribution in [3.63, 3.8) is 0 Å². The molecule has 4 rings (SSSR count). The molecule has 12 heteroatoms. The van der Waals surface area contributed by atoms with E-state index in [1.165, 1.54) is 32.4 Å². The first-order chi connectivity index (χ1) is 20.0. The van der Waals surface area contributed by atoms with Gasteiger partial charge >= 0.3 is 13.6 Å². The number of allylic oxidation sites excluding steroid dienone is 3. The maximum absolute atomic E-state index is 14.6. The van der Waals surface area contributed by atoms with Crippen LogP contribution in [-0.2, 0) is 32.6 Å². The second-order valence-corrected chi connectivity index (χ2v) is 12.3. The summed E-state index contributed by atoms with van der Waals surface area (Å²) in [5, 5.41) is 12.0. The molecule has 11 nitrogen and oxygen atoms in total. The van der Waals surface area contributed by atoms with Crippen LogP contribution in [0.5, 0.6) is 0 Å². The molecule has 1 fully saturated rings. The molecule has 2 heterocycles. The summed E-state index contributed by atoms with van der Waals surface area (Å²) < 4.78 is 43.6. The van der Waals surface area contributed by atoms with Crippen molar-refractivity contribution in [1.29, 1.82) is 0 Å². The highest BCUT2D eigenvalue weighted by atomic mass is 31.2. The van der Waals surface area contributed by atoms with Gasteiger partial charge in [-0.05, 0) is 38.8 Å². The summed E-state index contributed by atoms with van der Waals surface area (Å²) in [7, 11) is -0.994. The Morgan fingerprint density at radius 3 is 2.33 bits per heavy atom. The summed E-state index contributed by atoms with van der Waals surface area (Å²) in [6, 6.07) is 15.3. The Kier molecular flexibility index (Phi) is 10.0. The molecule has 0 aromatic heterocycles. The molecule has 1 unspecified atom stereocenters. The number of nitro benzene ring substituents is 1. The number of esters is 1. The molecule has 0 bridgehead atoms. The van der Waals surface area contributed by atoms with Crippen LogP contribution in [0.4, 0.5) is 5.69 Å². The van der Waals surface area contributed by atoms with E-state index < -0.39 is 42.7 Å². The molecule has 5 atom stereocenters. The van der Waals surface area contributed by atoms with Crippen molar-refractivity contribution in [2.45, 2.75) is 58.3 Å². The van der Waals surface area contributed by atoms with Crippen LogP contribution in [0.3, 0.4) is 0 Å². The van der Waals surface area contributed by atoms with Gasteiger partial charge in [0.25, 0.3) is 5.69 Å². The fourth-order valence-electron chi connectivity index (χ4n) is 5.54. The normalized spacial score (nSPS) is 25.4. The fraction of sp³-hybridized carbons (Fsp3) is 0.433. The molecule has 0 saturated carbocycles. The molecular weight excluding hydrogens is 563 g/mol. The van der Waals surface area contributed by atoms with Crippen molar-refractivity contribution in [3.05, 3.63) is 98.1 Å². The first-order valence-electron chi connectivity index (χ1n) is 13.6. The molecule has 226 valence electrons. The van der Waals surface area contributed by atoms with Gasteiger partial charge in [-0.3, -0.25) is 14.7 Å². The largest absolute Gasteiger partial charge is 0.459 e. The lowest BCUT2D eigenvalue weighted by molar-refractivity contribution is -0.384. The first kappa shape index (κ1) is 31.6. The Balaban J connectivity index is 1.86. The number of carbonyl (C=O) groups is 1. The van der Waals surface area contributed by atoms with Gasteiger partial charge in [-0.2, -0.15) is 0 Å². The Bertz CT molecular complexity index is 1410. The summed E-state index contributed by atoms with van der Waals surface area (Å²) in [5.41, 5.74) is 2.16. The molecule has 0 amide bonds. The van der Waals surface area contributed by atoms with Gasteiger partial charge in [0.1, 0.15) is 19.4 Å². The van der Waals surface area contributed by atoms with Crippen LogP contribution >= 0.6 is 7.60 Å². The number of hydrogen-bond acceptors (Lipinski definition) is 10. The molecule has 2 aliphatic rings. The van der Waals surface area contributed by atoms with Gasteiger partial charge in [0.2, 0.25) is 0 Å². The number of carbonyl (C=O) groups excluding carboxylic acids is 1. The SMILES string of the molecule is COCN1C(C)=C(C(=O)OC[C@@H](OC)c2ccccc2)[C@@H](c2cccc([N+](=O)[O-])c2)C(P2(=O)O[C@H](C)C[C@H](C)O2)=C1C. The van der Waals surface area contributed by atoms with Crippen molar-refractivity contribution in [2.75, 3.05) is 27.6 Å². The number of hydrogen-bond donors (Lipinski definition) is 0. The molecule has 0 N–H and O–H groups in total. The summed E-state index contributed by atoms with van der Waals surface area (Å²) in [6.45, 7) is 7.04. The van der Waals surface area contributed by atoms with Crippen LogP contribution in [0, 0.1) is 10.1 Å². The van der Waals surface area contributed by atoms with E-state index in [9.17, 15) is 19.5 Å². The lowest BCUT2D eigenvalue weighted by atomic mass is 9.85. The highest BCUT2D eigenvalue weighted by Gasteiger charge is 2.49. The topological polar surface area (TPSA) is 127 Å². The third-order valence-corrected chi connectivity index (χ3v) is 9.89. The molecule has 2 aromatic rings. The molecule has 0 spiro atoms. The lowest BCUT2D eigenvalue weighted by Gasteiger charge is -2.42. The Morgan fingerprint density at radius 1 is 1.07 bits per heavy atom. The number of rotatable bonds is 10. The maximum Gasteiger partial charge on any atom is 0.360 e. The number of nitro groups is 1. The molecule has 1 saturated heterocycles. The average Bonchev–Trinajstić information content (AvgIpc) is 2.95. The van der Waals surface area contributed by atoms with Crippen LogP contribution in [0.25, 0.3) is 0 Å². The quantitative estimate of drug-likeness (QED) is 0.130. The Labute approximate surface area is 245 Å². The second kappa shape index (κ2) is 13.3. The highest BCUT2D eigenvalue weighted by molar-refractivity contribution is 7.58. The summed E-state index contributed by atoms with van der Waals surface area (Å²) in [6.07, 6.45) is -0.788. The summed E-state index contributed by atoms with van der Waals surface area (Å²) in [4.78, 5) is 27.0. The zero-order valence-corrected chi connectivity index (χ0v) is 25.5. The van der Waals surface area contributed by atoms with E-state index in [2.05, 4.69) is 0 Å². The predicted octanol–water partition coefficient (Wildman–Crippen LogP) is 6.44. The van der Waals surface area contributed by atoms with Gasteiger partial charge in [-0.1, -0.05) is 42.5 Å². The van der Waals surface area contributed by atoms with Gasteiger partial charge in [-0.25, -0.2) is 4.79 Å². The maximum atomic E-state index is 14.6. The van der Waals surface area contributed by atoms with E-state index in [0.717, 1.165) is 5.56 Å². The number of ether oxygens (including phenoxy) is 3. The van der Waals surface area contributed by atoms with Crippen LogP contribution < -0.4 is 0 Å². The monoisotopic (exact) mass is 600 g/mol. The molecular formula is C30H37N2O9P. The van der Waals surface area contributed by atoms with Crippen LogP contribution in [0.15, 0.2) is 76.9 Å². The summed E-state index contributed by atoms with van der Waals surface area (Å²) >= 11 is 0. The lowest BCUT2D eigenvalue weighted by Crippen LogP contribution is -2.36. The van der Waals surface area contributed by atoms with Crippen molar-refractivity contribution in [2.24, 2.45) is 0 Å². The fourth-order valence-corrected chi connectivity index (χ4v) is 8.05. The van der Waals surface area contributed by atoms with Crippen molar-refractivity contribution in [1.82, 2.24) is 4.90 Å². The van der Waals surface area contributed by atoms with Crippen LogP contribution in [-0.4, -0.2) is 55.6 Å². The number of non-ortho nitro benzene ring substituents is 1. The van der Waals surface area contributed by atoms with Gasteiger partial charge in [0, 0.05) is 44.2 Å². The number of nitrogens with zero attached hydrogens (tertiary/aromatic N) is 2. The molecule has 0 aliphatic carbocycles. The minimum Gasteiger partial charge on any atom is -0.459 e. The van der Waals surface area contributed by atoms with E-state index in [1.54, 1.807) is 24.8 Å². The molecule has 42 heavy (non-hydrogen) atoms. The average molecular weight is 601 g/mol. The second-order valence-electron chi connectivity index (χ2n) is 10.4. The summed E-state index contributed by atoms with van der Waals surface area (Å²) in [5.74, 6) is -1.72. The zero-order chi connectivity index (χ0) is 30.6. The minimum absolute atomic E-state index is 0.0371. The third kappa shape index (κ3) is 6.50.